The number of aryl methyl sites for hydroxylation is 1. The minimum Gasteiger partial charge on any atom is -0.353 e. The van der Waals surface area contributed by atoms with E-state index in [2.05, 4.69) is 29.3 Å². The van der Waals surface area contributed by atoms with E-state index >= 15 is 0 Å². The van der Waals surface area contributed by atoms with Crippen molar-refractivity contribution in [3.05, 3.63) is 35.9 Å². The number of amides is 1. The summed E-state index contributed by atoms with van der Waals surface area (Å²) in [5, 5.41) is 2.88. The Morgan fingerprint density at radius 2 is 2.05 bits per heavy atom. The lowest BCUT2D eigenvalue weighted by molar-refractivity contribution is -0.122. The van der Waals surface area contributed by atoms with Crippen molar-refractivity contribution in [2.75, 3.05) is 26.7 Å². The van der Waals surface area contributed by atoms with Crippen molar-refractivity contribution in [3.8, 4) is 0 Å². The van der Waals surface area contributed by atoms with Crippen molar-refractivity contribution >= 4 is 5.91 Å². The first-order valence-corrected chi connectivity index (χ1v) is 6.89. The van der Waals surface area contributed by atoms with Crippen LogP contribution in [0.15, 0.2) is 30.3 Å². The van der Waals surface area contributed by atoms with E-state index in [9.17, 15) is 4.79 Å². The lowest BCUT2D eigenvalue weighted by atomic mass is 10.1. The standard InChI is InChI=1S/C15H25N3O/c1-3-18(2)12-11-17-15(19)14(16)10-9-13-7-5-4-6-8-13/h4-8,14H,3,9-12,16H2,1-2H3,(H,17,19). The SMILES string of the molecule is CCN(C)CCNC(=O)C(N)CCc1ccccc1. The lowest BCUT2D eigenvalue weighted by Crippen LogP contribution is -2.43. The van der Waals surface area contributed by atoms with E-state index in [1.165, 1.54) is 5.56 Å². The zero-order chi connectivity index (χ0) is 14.1. The summed E-state index contributed by atoms with van der Waals surface area (Å²) in [5.41, 5.74) is 7.11. The molecular weight excluding hydrogens is 238 g/mol. The molecule has 1 amide bonds. The fraction of sp³-hybridized carbons (Fsp3) is 0.533. The summed E-state index contributed by atoms with van der Waals surface area (Å²) in [6, 6.07) is 9.68. The van der Waals surface area contributed by atoms with Crippen molar-refractivity contribution in [1.29, 1.82) is 0 Å². The average Bonchev–Trinajstić information content (AvgIpc) is 2.45. The molecule has 0 aliphatic heterocycles. The second-order valence-corrected chi connectivity index (χ2v) is 4.82. The van der Waals surface area contributed by atoms with Crippen LogP contribution in [0.5, 0.6) is 0 Å². The summed E-state index contributed by atoms with van der Waals surface area (Å²) in [6.45, 7) is 4.58. The highest BCUT2D eigenvalue weighted by atomic mass is 16.2. The first-order chi connectivity index (χ1) is 9.13. The van der Waals surface area contributed by atoms with Crippen LogP contribution < -0.4 is 11.1 Å². The molecule has 106 valence electrons. The molecule has 19 heavy (non-hydrogen) atoms. The van der Waals surface area contributed by atoms with Gasteiger partial charge in [-0.05, 0) is 32.0 Å². The van der Waals surface area contributed by atoms with Crippen molar-refractivity contribution in [2.45, 2.75) is 25.8 Å². The maximum atomic E-state index is 11.8. The van der Waals surface area contributed by atoms with E-state index < -0.39 is 6.04 Å². The van der Waals surface area contributed by atoms with Crippen molar-refractivity contribution in [3.63, 3.8) is 0 Å². The molecule has 1 atom stereocenters. The maximum absolute atomic E-state index is 11.8. The first kappa shape index (κ1) is 15.7. The second kappa shape index (κ2) is 8.67. The molecule has 4 heteroatoms. The Hall–Kier alpha value is -1.39. The molecule has 0 aliphatic carbocycles. The summed E-state index contributed by atoms with van der Waals surface area (Å²) >= 11 is 0. The number of nitrogens with zero attached hydrogens (tertiary/aromatic N) is 1. The Balaban J connectivity index is 2.21. The molecule has 0 saturated carbocycles. The van der Waals surface area contributed by atoms with Gasteiger partial charge in [0.2, 0.25) is 5.91 Å². The molecule has 0 fully saturated rings. The molecule has 0 spiro atoms. The number of carbonyl (C=O) groups is 1. The van der Waals surface area contributed by atoms with Gasteiger partial charge in [-0.15, -0.1) is 0 Å². The highest BCUT2D eigenvalue weighted by Crippen LogP contribution is 2.03. The number of likely N-dealkylation sites (N-methyl/N-ethyl adjacent to an activating group) is 1. The van der Waals surface area contributed by atoms with Gasteiger partial charge < -0.3 is 16.0 Å². The molecule has 1 unspecified atom stereocenters. The Labute approximate surface area is 116 Å². The van der Waals surface area contributed by atoms with Crippen LogP contribution in [0.3, 0.4) is 0 Å². The van der Waals surface area contributed by atoms with Gasteiger partial charge in [-0.25, -0.2) is 0 Å². The van der Waals surface area contributed by atoms with E-state index in [0.29, 0.717) is 13.0 Å². The molecule has 0 bridgehead atoms. The quantitative estimate of drug-likeness (QED) is 0.736. The van der Waals surface area contributed by atoms with Crippen LogP contribution in [0.2, 0.25) is 0 Å². The lowest BCUT2D eigenvalue weighted by Gasteiger charge is -2.16. The Morgan fingerprint density at radius 3 is 2.68 bits per heavy atom. The number of nitrogens with one attached hydrogen (secondary N) is 1. The summed E-state index contributed by atoms with van der Waals surface area (Å²) in [6.07, 6.45) is 1.52. The molecular formula is C15H25N3O. The fourth-order valence-corrected chi connectivity index (χ4v) is 1.76. The highest BCUT2D eigenvalue weighted by Gasteiger charge is 2.12. The highest BCUT2D eigenvalue weighted by molar-refractivity contribution is 5.81. The minimum absolute atomic E-state index is 0.0552. The van der Waals surface area contributed by atoms with Crippen LogP contribution in [0, 0.1) is 0 Å². The van der Waals surface area contributed by atoms with Gasteiger partial charge in [0.05, 0.1) is 6.04 Å². The Kier molecular flexibility index (Phi) is 7.15. The van der Waals surface area contributed by atoms with Crippen LogP contribution >= 0.6 is 0 Å². The summed E-state index contributed by atoms with van der Waals surface area (Å²) in [7, 11) is 2.03. The molecule has 1 rings (SSSR count). The van der Waals surface area contributed by atoms with Gasteiger partial charge in [0.15, 0.2) is 0 Å². The average molecular weight is 263 g/mol. The molecule has 0 aromatic heterocycles. The Morgan fingerprint density at radius 1 is 1.37 bits per heavy atom. The van der Waals surface area contributed by atoms with Crippen LogP contribution in [-0.2, 0) is 11.2 Å². The second-order valence-electron chi connectivity index (χ2n) is 4.82. The monoisotopic (exact) mass is 263 g/mol. The van der Waals surface area contributed by atoms with Gasteiger partial charge in [0, 0.05) is 13.1 Å². The topological polar surface area (TPSA) is 58.4 Å². The normalized spacial score (nSPS) is 12.4. The first-order valence-electron chi connectivity index (χ1n) is 6.89. The predicted molar refractivity (Wildman–Crippen MR) is 78.9 cm³/mol. The van der Waals surface area contributed by atoms with Crippen molar-refractivity contribution in [2.24, 2.45) is 5.73 Å². The third kappa shape index (κ3) is 6.36. The molecule has 4 nitrogen and oxygen atoms in total. The minimum atomic E-state index is -0.424. The van der Waals surface area contributed by atoms with Gasteiger partial charge in [-0.1, -0.05) is 37.3 Å². The number of hydrogen-bond acceptors (Lipinski definition) is 3. The third-order valence-electron chi connectivity index (χ3n) is 3.26. The Bertz CT molecular complexity index is 367. The molecule has 3 N–H and O–H groups in total. The van der Waals surface area contributed by atoms with Gasteiger partial charge >= 0.3 is 0 Å². The molecule has 0 radical (unpaired) electrons. The summed E-state index contributed by atoms with van der Waals surface area (Å²) < 4.78 is 0. The van der Waals surface area contributed by atoms with Gasteiger partial charge in [-0.2, -0.15) is 0 Å². The number of carbonyl (C=O) groups excluding carboxylic acids is 1. The number of rotatable bonds is 8. The molecule has 0 saturated heterocycles. The van der Waals surface area contributed by atoms with E-state index in [0.717, 1.165) is 19.5 Å². The molecule has 0 aliphatic rings. The van der Waals surface area contributed by atoms with Crippen LogP contribution in [0.4, 0.5) is 0 Å². The fourth-order valence-electron chi connectivity index (χ4n) is 1.76. The van der Waals surface area contributed by atoms with E-state index in [1.807, 2.05) is 25.2 Å². The van der Waals surface area contributed by atoms with Gasteiger partial charge in [0.1, 0.15) is 0 Å². The molecule has 1 aromatic rings. The molecule has 1 aromatic carbocycles. The van der Waals surface area contributed by atoms with Crippen LogP contribution in [0.25, 0.3) is 0 Å². The van der Waals surface area contributed by atoms with E-state index in [4.69, 9.17) is 5.73 Å². The number of hydrogen-bond donors (Lipinski definition) is 2. The summed E-state index contributed by atoms with van der Waals surface area (Å²) in [5.74, 6) is -0.0552. The number of benzene rings is 1. The zero-order valence-corrected chi connectivity index (χ0v) is 11.9. The van der Waals surface area contributed by atoms with Crippen molar-refractivity contribution in [1.82, 2.24) is 10.2 Å². The third-order valence-corrected chi connectivity index (χ3v) is 3.26. The van der Waals surface area contributed by atoms with Crippen LogP contribution in [-0.4, -0.2) is 43.5 Å². The van der Waals surface area contributed by atoms with Gasteiger partial charge in [-0.3, -0.25) is 4.79 Å². The zero-order valence-electron chi connectivity index (χ0n) is 11.9. The smallest absolute Gasteiger partial charge is 0.236 e. The number of nitrogens with two attached hydrogens (primary N) is 1. The molecule has 0 heterocycles. The van der Waals surface area contributed by atoms with Crippen LogP contribution in [0.1, 0.15) is 18.9 Å². The predicted octanol–water partition coefficient (Wildman–Crippen LogP) is 1.01. The van der Waals surface area contributed by atoms with E-state index in [1.54, 1.807) is 0 Å². The largest absolute Gasteiger partial charge is 0.353 e. The van der Waals surface area contributed by atoms with E-state index in [-0.39, 0.29) is 5.91 Å². The summed E-state index contributed by atoms with van der Waals surface area (Å²) in [4.78, 5) is 13.9. The maximum Gasteiger partial charge on any atom is 0.236 e. The van der Waals surface area contributed by atoms with Gasteiger partial charge in [0.25, 0.3) is 0 Å². The van der Waals surface area contributed by atoms with Crippen molar-refractivity contribution < 1.29 is 4.79 Å².